The number of para-hydroxylation sites is 1. The van der Waals surface area contributed by atoms with Crippen LogP contribution in [-0.4, -0.2) is 10.7 Å². The van der Waals surface area contributed by atoms with E-state index in [1.54, 1.807) is 22.7 Å². The van der Waals surface area contributed by atoms with Crippen molar-refractivity contribution >= 4 is 28.4 Å². The maximum Gasteiger partial charge on any atom is 0.223 e. The highest BCUT2D eigenvalue weighted by Crippen LogP contribution is 2.48. The van der Waals surface area contributed by atoms with Crippen molar-refractivity contribution in [3.63, 3.8) is 0 Å². The SMILES string of the molecule is Cc1ccsc1[C@@H]1Oc2ccccc2[C@@H]2CC(c3cccs3)=NN21. The van der Waals surface area contributed by atoms with Crippen LogP contribution in [0.25, 0.3) is 0 Å². The lowest BCUT2D eigenvalue weighted by Gasteiger charge is -2.37. The Hall–Kier alpha value is -2.11. The van der Waals surface area contributed by atoms with Crippen LogP contribution in [0.3, 0.4) is 0 Å². The molecule has 5 heteroatoms. The molecule has 3 nitrogen and oxygen atoms in total. The number of ether oxygens (including phenoxy) is 1. The summed E-state index contributed by atoms with van der Waals surface area (Å²) in [6, 6.07) is 15.0. The summed E-state index contributed by atoms with van der Waals surface area (Å²) in [5, 5.41) is 11.4. The summed E-state index contributed by atoms with van der Waals surface area (Å²) in [6.45, 7) is 2.14. The Morgan fingerprint density at radius 2 is 2.00 bits per heavy atom. The fourth-order valence-electron chi connectivity index (χ4n) is 3.44. The van der Waals surface area contributed by atoms with Gasteiger partial charge in [-0.25, -0.2) is 5.01 Å². The van der Waals surface area contributed by atoms with Crippen molar-refractivity contribution in [1.82, 2.24) is 5.01 Å². The zero-order chi connectivity index (χ0) is 16.1. The van der Waals surface area contributed by atoms with Gasteiger partial charge in [0.05, 0.1) is 21.5 Å². The minimum absolute atomic E-state index is 0.137. The Morgan fingerprint density at radius 3 is 2.79 bits per heavy atom. The molecule has 0 spiro atoms. The first-order chi connectivity index (χ1) is 11.8. The third kappa shape index (κ3) is 2.12. The number of hydrogen-bond acceptors (Lipinski definition) is 5. The normalized spacial score (nSPS) is 21.9. The molecule has 4 heterocycles. The molecule has 1 aromatic carbocycles. The predicted octanol–water partition coefficient (Wildman–Crippen LogP) is 5.36. The lowest BCUT2D eigenvalue weighted by atomic mass is 9.98. The Bertz CT molecular complexity index is 913. The monoisotopic (exact) mass is 352 g/mol. The fraction of sp³-hybridized carbons (Fsp3) is 0.211. The van der Waals surface area contributed by atoms with Gasteiger partial charge in [0.25, 0.3) is 0 Å². The van der Waals surface area contributed by atoms with Gasteiger partial charge in [0.1, 0.15) is 5.75 Å². The van der Waals surface area contributed by atoms with E-state index in [-0.39, 0.29) is 12.3 Å². The zero-order valence-corrected chi connectivity index (χ0v) is 14.8. The molecule has 5 rings (SSSR count). The van der Waals surface area contributed by atoms with Crippen molar-refractivity contribution < 1.29 is 4.74 Å². The quantitative estimate of drug-likeness (QED) is 0.620. The van der Waals surface area contributed by atoms with Crippen molar-refractivity contribution in [3.05, 3.63) is 74.1 Å². The van der Waals surface area contributed by atoms with Crippen LogP contribution in [0.15, 0.2) is 58.3 Å². The highest BCUT2D eigenvalue weighted by atomic mass is 32.1. The molecule has 0 radical (unpaired) electrons. The van der Waals surface area contributed by atoms with Gasteiger partial charge in [-0.05, 0) is 41.4 Å². The van der Waals surface area contributed by atoms with E-state index in [0.717, 1.165) is 17.9 Å². The van der Waals surface area contributed by atoms with Crippen molar-refractivity contribution in [3.8, 4) is 5.75 Å². The van der Waals surface area contributed by atoms with Crippen LogP contribution in [-0.2, 0) is 0 Å². The molecule has 0 saturated carbocycles. The van der Waals surface area contributed by atoms with Gasteiger partial charge in [0.15, 0.2) is 0 Å². The molecule has 0 fully saturated rings. The number of hydrogen-bond donors (Lipinski definition) is 0. The molecular weight excluding hydrogens is 336 g/mol. The minimum atomic E-state index is -0.137. The fourth-order valence-corrected chi connectivity index (χ4v) is 5.10. The maximum absolute atomic E-state index is 6.37. The van der Waals surface area contributed by atoms with Gasteiger partial charge in [0.2, 0.25) is 6.23 Å². The lowest BCUT2D eigenvalue weighted by molar-refractivity contribution is -0.0169. The van der Waals surface area contributed by atoms with E-state index in [0.29, 0.717) is 0 Å². The second-order valence-electron chi connectivity index (χ2n) is 6.10. The molecule has 24 heavy (non-hydrogen) atoms. The smallest absolute Gasteiger partial charge is 0.223 e. The molecule has 2 aliphatic heterocycles. The summed E-state index contributed by atoms with van der Waals surface area (Å²) >= 11 is 3.50. The first kappa shape index (κ1) is 14.3. The number of fused-ring (bicyclic) bond motifs is 3. The minimum Gasteiger partial charge on any atom is -0.464 e. The molecule has 0 aliphatic carbocycles. The molecule has 0 saturated heterocycles. The summed E-state index contributed by atoms with van der Waals surface area (Å²) in [4.78, 5) is 2.49. The molecule has 3 aromatic rings. The molecule has 2 aliphatic rings. The Kier molecular flexibility index (Phi) is 3.24. The Labute approximate surface area is 148 Å². The zero-order valence-electron chi connectivity index (χ0n) is 13.2. The van der Waals surface area contributed by atoms with Gasteiger partial charge < -0.3 is 4.74 Å². The molecule has 0 bridgehead atoms. The number of benzene rings is 1. The van der Waals surface area contributed by atoms with Crippen LogP contribution >= 0.6 is 22.7 Å². The van der Waals surface area contributed by atoms with Crippen molar-refractivity contribution in [2.45, 2.75) is 25.6 Å². The topological polar surface area (TPSA) is 24.8 Å². The molecule has 0 amide bonds. The standard InChI is InChI=1S/C19H16N2OS2/c1-12-8-10-24-18(12)19-21-15(13-5-2-3-6-16(13)22-19)11-14(20-21)17-7-4-9-23-17/h2-10,15,19H,11H2,1H3/t15-,19-/m0/s1. The molecule has 2 atom stereocenters. The Morgan fingerprint density at radius 1 is 1.08 bits per heavy atom. The number of nitrogens with zero attached hydrogens (tertiary/aromatic N) is 2. The largest absolute Gasteiger partial charge is 0.464 e. The van der Waals surface area contributed by atoms with Gasteiger partial charge in [0, 0.05) is 12.0 Å². The van der Waals surface area contributed by atoms with Gasteiger partial charge in [-0.15, -0.1) is 22.7 Å². The average molecular weight is 352 g/mol. The number of thiophene rings is 2. The van der Waals surface area contributed by atoms with Crippen molar-refractivity contribution in [2.75, 3.05) is 0 Å². The summed E-state index contributed by atoms with van der Waals surface area (Å²) in [5.74, 6) is 0.985. The van der Waals surface area contributed by atoms with Crippen LogP contribution in [0.1, 0.15) is 39.6 Å². The third-order valence-electron chi connectivity index (χ3n) is 4.63. The van der Waals surface area contributed by atoms with Crippen LogP contribution in [0.4, 0.5) is 0 Å². The number of hydrazone groups is 1. The van der Waals surface area contributed by atoms with Gasteiger partial charge >= 0.3 is 0 Å². The number of aryl methyl sites for hydroxylation is 1. The summed E-state index contributed by atoms with van der Waals surface area (Å²) < 4.78 is 6.37. The first-order valence-corrected chi connectivity index (χ1v) is 9.76. The van der Waals surface area contributed by atoms with Crippen LogP contribution < -0.4 is 4.74 Å². The second-order valence-corrected chi connectivity index (χ2v) is 8.00. The summed E-state index contributed by atoms with van der Waals surface area (Å²) in [6.07, 6.45) is 0.796. The van der Waals surface area contributed by atoms with Gasteiger partial charge in [-0.2, -0.15) is 5.10 Å². The second kappa shape index (κ2) is 5.46. The van der Waals surface area contributed by atoms with Gasteiger partial charge in [-0.1, -0.05) is 24.3 Å². The highest BCUT2D eigenvalue weighted by Gasteiger charge is 2.41. The lowest BCUT2D eigenvalue weighted by Crippen LogP contribution is -2.33. The first-order valence-electron chi connectivity index (χ1n) is 8.00. The van der Waals surface area contributed by atoms with Crippen LogP contribution in [0.2, 0.25) is 0 Å². The molecule has 120 valence electrons. The van der Waals surface area contributed by atoms with E-state index < -0.39 is 0 Å². The van der Waals surface area contributed by atoms with Gasteiger partial charge in [-0.3, -0.25) is 0 Å². The van der Waals surface area contributed by atoms with E-state index >= 15 is 0 Å². The summed E-state index contributed by atoms with van der Waals surface area (Å²) in [5.41, 5.74) is 3.66. The van der Waals surface area contributed by atoms with Crippen molar-refractivity contribution in [1.29, 1.82) is 0 Å². The summed E-state index contributed by atoms with van der Waals surface area (Å²) in [7, 11) is 0. The Balaban J connectivity index is 1.63. The molecule has 2 aromatic heterocycles. The van der Waals surface area contributed by atoms with E-state index in [1.165, 1.54) is 20.9 Å². The van der Waals surface area contributed by atoms with Crippen LogP contribution in [0, 0.1) is 6.92 Å². The highest BCUT2D eigenvalue weighted by molar-refractivity contribution is 7.12. The van der Waals surface area contributed by atoms with E-state index in [1.807, 2.05) is 6.07 Å². The van der Waals surface area contributed by atoms with Crippen LogP contribution in [0.5, 0.6) is 5.75 Å². The van der Waals surface area contributed by atoms with E-state index in [4.69, 9.17) is 9.84 Å². The molecular formula is C19H16N2OS2. The average Bonchev–Trinajstić information content (AvgIpc) is 3.34. The van der Waals surface area contributed by atoms with Crippen molar-refractivity contribution in [2.24, 2.45) is 5.10 Å². The van der Waals surface area contributed by atoms with E-state index in [9.17, 15) is 0 Å². The maximum atomic E-state index is 6.37. The van der Waals surface area contributed by atoms with E-state index in [2.05, 4.69) is 59.1 Å². The number of rotatable bonds is 2. The molecule has 0 unspecified atom stereocenters. The third-order valence-corrected chi connectivity index (χ3v) is 6.60. The molecule has 0 N–H and O–H groups in total. The predicted molar refractivity (Wildman–Crippen MR) is 98.9 cm³/mol.